The van der Waals surface area contributed by atoms with Crippen molar-refractivity contribution in [2.45, 2.75) is 6.92 Å². The quantitative estimate of drug-likeness (QED) is 0.602. The fourth-order valence-corrected chi connectivity index (χ4v) is 2.69. The minimum atomic E-state index is 1.10. The van der Waals surface area contributed by atoms with Crippen molar-refractivity contribution in [3.05, 3.63) is 54.1 Å². The van der Waals surface area contributed by atoms with Crippen LogP contribution in [0.3, 0.4) is 0 Å². The van der Waals surface area contributed by atoms with Crippen LogP contribution < -0.4 is 0 Å². The summed E-state index contributed by atoms with van der Waals surface area (Å²) in [6.45, 7) is 2.10. The van der Waals surface area contributed by atoms with E-state index in [1.807, 2.05) is 18.2 Å². The van der Waals surface area contributed by atoms with Gasteiger partial charge in [-0.3, -0.25) is 0 Å². The molecule has 0 amide bonds. The molecule has 3 rings (SSSR count). The molecular formula is C14H11NS. The van der Waals surface area contributed by atoms with Crippen LogP contribution in [-0.4, -0.2) is 4.98 Å². The molecule has 0 bridgehead atoms. The first-order chi connectivity index (χ1) is 7.83. The molecule has 1 aromatic heterocycles. The summed E-state index contributed by atoms with van der Waals surface area (Å²) in [4.78, 5) is 4.66. The number of rotatable bonds is 1. The van der Waals surface area contributed by atoms with E-state index in [1.165, 1.54) is 15.8 Å². The molecule has 2 heteroatoms. The molecule has 78 valence electrons. The summed E-state index contributed by atoms with van der Waals surface area (Å²) in [5.74, 6) is 0. The number of hydrogen-bond donors (Lipinski definition) is 0. The van der Waals surface area contributed by atoms with Gasteiger partial charge >= 0.3 is 0 Å². The van der Waals surface area contributed by atoms with Crippen LogP contribution in [-0.2, 0) is 0 Å². The number of hydrogen-bond acceptors (Lipinski definition) is 2. The minimum Gasteiger partial charge on any atom is -0.236 e. The van der Waals surface area contributed by atoms with Crippen molar-refractivity contribution >= 4 is 21.6 Å². The van der Waals surface area contributed by atoms with E-state index >= 15 is 0 Å². The van der Waals surface area contributed by atoms with Gasteiger partial charge in [0.1, 0.15) is 5.01 Å². The normalized spacial score (nSPS) is 10.8. The number of thiazole rings is 1. The van der Waals surface area contributed by atoms with Crippen molar-refractivity contribution in [3.63, 3.8) is 0 Å². The van der Waals surface area contributed by atoms with Crippen LogP contribution >= 0.6 is 11.3 Å². The Kier molecular flexibility index (Phi) is 2.22. The molecule has 1 heterocycles. The van der Waals surface area contributed by atoms with Crippen LogP contribution in [0.2, 0.25) is 0 Å². The van der Waals surface area contributed by atoms with Crippen molar-refractivity contribution in [1.82, 2.24) is 4.98 Å². The molecule has 0 saturated heterocycles. The van der Waals surface area contributed by atoms with Crippen molar-refractivity contribution in [2.75, 3.05) is 0 Å². The van der Waals surface area contributed by atoms with E-state index < -0.39 is 0 Å². The number of nitrogens with zero attached hydrogens (tertiary/aromatic N) is 1. The lowest BCUT2D eigenvalue weighted by Crippen LogP contribution is -1.74. The smallest absolute Gasteiger partial charge is 0.124 e. The lowest BCUT2D eigenvalue weighted by atomic mass is 10.2. The average Bonchev–Trinajstić information content (AvgIpc) is 2.73. The van der Waals surface area contributed by atoms with E-state index in [-0.39, 0.29) is 0 Å². The third-order valence-corrected chi connectivity index (χ3v) is 3.65. The van der Waals surface area contributed by atoms with Crippen LogP contribution in [0, 0.1) is 6.92 Å². The summed E-state index contributed by atoms with van der Waals surface area (Å²) in [5.41, 5.74) is 3.56. The highest BCUT2D eigenvalue weighted by Crippen LogP contribution is 2.30. The van der Waals surface area contributed by atoms with E-state index in [0.29, 0.717) is 0 Å². The molecule has 0 unspecified atom stereocenters. The molecule has 0 spiro atoms. The predicted molar refractivity (Wildman–Crippen MR) is 69.8 cm³/mol. The number of benzene rings is 2. The first-order valence-electron chi connectivity index (χ1n) is 5.25. The Morgan fingerprint density at radius 2 is 1.81 bits per heavy atom. The van der Waals surface area contributed by atoms with E-state index in [1.54, 1.807) is 11.3 Å². The standard InChI is InChI=1S/C14H11NS/c1-10-7-8-13-12(9-10)15-14(16-13)11-5-3-2-4-6-11/h2-9H,1H3. The molecule has 0 aliphatic heterocycles. The summed E-state index contributed by atoms with van der Waals surface area (Å²) >= 11 is 1.75. The second-order valence-electron chi connectivity index (χ2n) is 3.86. The number of aryl methyl sites for hydroxylation is 1. The minimum absolute atomic E-state index is 1.10. The van der Waals surface area contributed by atoms with Gasteiger partial charge in [0.15, 0.2) is 0 Å². The molecule has 0 N–H and O–H groups in total. The molecule has 0 radical (unpaired) electrons. The first-order valence-corrected chi connectivity index (χ1v) is 6.07. The van der Waals surface area contributed by atoms with Crippen LogP contribution in [0.5, 0.6) is 0 Å². The Balaban J connectivity index is 2.19. The Hall–Kier alpha value is -1.67. The van der Waals surface area contributed by atoms with Gasteiger partial charge in [0.2, 0.25) is 0 Å². The highest BCUT2D eigenvalue weighted by molar-refractivity contribution is 7.21. The highest BCUT2D eigenvalue weighted by atomic mass is 32.1. The van der Waals surface area contributed by atoms with Gasteiger partial charge < -0.3 is 0 Å². The van der Waals surface area contributed by atoms with Gasteiger partial charge in [0, 0.05) is 5.56 Å². The molecule has 1 nitrogen and oxygen atoms in total. The van der Waals surface area contributed by atoms with Gasteiger partial charge in [-0.05, 0) is 24.6 Å². The molecule has 0 aliphatic carbocycles. The third kappa shape index (κ3) is 1.61. The number of aromatic nitrogens is 1. The van der Waals surface area contributed by atoms with Crippen LogP contribution in [0.1, 0.15) is 5.56 Å². The molecule has 0 aliphatic rings. The Morgan fingerprint density at radius 1 is 1.00 bits per heavy atom. The maximum absolute atomic E-state index is 4.66. The third-order valence-electron chi connectivity index (χ3n) is 2.56. The zero-order valence-corrected chi connectivity index (χ0v) is 9.79. The van der Waals surface area contributed by atoms with Crippen molar-refractivity contribution in [2.24, 2.45) is 0 Å². The first kappa shape index (κ1) is 9.55. The van der Waals surface area contributed by atoms with Gasteiger partial charge in [-0.2, -0.15) is 0 Å². The SMILES string of the molecule is Cc1ccc2sc(-c3ccccc3)nc2c1. The Labute approximate surface area is 98.4 Å². The molecular weight excluding hydrogens is 214 g/mol. The Morgan fingerprint density at radius 3 is 2.62 bits per heavy atom. The fraction of sp³-hybridized carbons (Fsp3) is 0.0714. The maximum atomic E-state index is 4.66. The summed E-state index contributed by atoms with van der Waals surface area (Å²) < 4.78 is 1.25. The topological polar surface area (TPSA) is 12.9 Å². The largest absolute Gasteiger partial charge is 0.236 e. The van der Waals surface area contributed by atoms with Gasteiger partial charge in [0.25, 0.3) is 0 Å². The van der Waals surface area contributed by atoms with Gasteiger partial charge in [-0.15, -0.1) is 11.3 Å². The summed E-state index contributed by atoms with van der Waals surface area (Å²) in [6, 6.07) is 16.7. The van der Waals surface area contributed by atoms with E-state index in [4.69, 9.17) is 0 Å². The summed E-state index contributed by atoms with van der Waals surface area (Å²) in [6.07, 6.45) is 0. The van der Waals surface area contributed by atoms with Gasteiger partial charge in [-0.25, -0.2) is 4.98 Å². The zero-order chi connectivity index (χ0) is 11.0. The summed E-state index contributed by atoms with van der Waals surface area (Å²) in [5, 5.41) is 1.10. The van der Waals surface area contributed by atoms with Crippen molar-refractivity contribution in [3.8, 4) is 10.6 Å². The van der Waals surface area contributed by atoms with Crippen LogP contribution in [0.25, 0.3) is 20.8 Å². The Bertz CT molecular complexity index is 626. The second-order valence-corrected chi connectivity index (χ2v) is 4.89. The van der Waals surface area contributed by atoms with E-state index in [0.717, 1.165) is 10.5 Å². The molecule has 0 fully saturated rings. The van der Waals surface area contributed by atoms with Crippen molar-refractivity contribution in [1.29, 1.82) is 0 Å². The van der Waals surface area contributed by atoms with Crippen molar-refractivity contribution < 1.29 is 0 Å². The molecule has 16 heavy (non-hydrogen) atoms. The van der Waals surface area contributed by atoms with Gasteiger partial charge in [-0.1, -0.05) is 36.4 Å². The fourth-order valence-electron chi connectivity index (χ4n) is 1.74. The number of fused-ring (bicyclic) bond motifs is 1. The second kappa shape index (κ2) is 3.72. The van der Waals surface area contributed by atoms with Gasteiger partial charge in [0.05, 0.1) is 10.2 Å². The molecule has 2 aromatic carbocycles. The monoisotopic (exact) mass is 225 g/mol. The molecule has 0 saturated carbocycles. The van der Waals surface area contributed by atoms with E-state index in [9.17, 15) is 0 Å². The lowest BCUT2D eigenvalue weighted by Gasteiger charge is -1.92. The molecule has 0 atom stereocenters. The zero-order valence-electron chi connectivity index (χ0n) is 8.97. The van der Waals surface area contributed by atoms with Crippen LogP contribution in [0.15, 0.2) is 48.5 Å². The average molecular weight is 225 g/mol. The molecule has 3 aromatic rings. The van der Waals surface area contributed by atoms with E-state index in [2.05, 4.69) is 42.2 Å². The highest BCUT2D eigenvalue weighted by Gasteiger charge is 2.05. The maximum Gasteiger partial charge on any atom is 0.124 e. The van der Waals surface area contributed by atoms with Crippen LogP contribution in [0.4, 0.5) is 0 Å². The summed E-state index contributed by atoms with van der Waals surface area (Å²) in [7, 11) is 0. The lowest BCUT2D eigenvalue weighted by molar-refractivity contribution is 1.44. The predicted octanol–water partition coefficient (Wildman–Crippen LogP) is 4.27.